The molecule has 0 saturated carbocycles. The van der Waals surface area contributed by atoms with E-state index >= 15 is 0 Å². The summed E-state index contributed by atoms with van der Waals surface area (Å²) in [5.74, 6) is -2.04. The van der Waals surface area contributed by atoms with Gasteiger partial charge in [0, 0.05) is 11.3 Å². The number of anilines is 1. The molecule has 2 atom stereocenters. The Morgan fingerprint density at radius 1 is 1.12 bits per heavy atom. The van der Waals surface area contributed by atoms with Gasteiger partial charge in [0.25, 0.3) is 17.7 Å². The molecule has 2 unspecified atom stereocenters. The van der Waals surface area contributed by atoms with E-state index in [1.165, 1.54) is 0 Å². The molecule has 2 aliphatic rings. The Balaban J connectivity index is 1.53. The average molecular weight is 502 g/mol. The molecule has 2 aliphatic heterocycles. The molecule has 10 heteroatoms. The van der Waals surface area contributed by atoms with Crippen molar-refractivity contribution in [3.63, 3.8) is 0 Å². The number of sulfone groups is 1. The molecule has 2 aromatic rings. The number of aryl methyl sites for hydroxylation is 1. The maximum absolute atomic E-state index is 13.0. The van der Waals surface area contributed by atoms with Gasteiger partial charge in [0.1, 0.15) is 10.7 Å². The lowest BCUT2D eigenvalue weighted by molar-refractivity contribution is -0.139. The molecule has 4 rings (SSSR count). The highest BCUT2D eigenvalue weighted by Gasteiger charge is 2.45. The molecule has 34 heavy (non-hydrogen) atoms. The van der Waals surface area contributed by atoms with Crippen LogP contribution in [0.3, 0.4) is 0 Å². The lowest BCUT2D eigenvalue weighted by Crippen LogP contribution is -2.42. The van der Waals surface area contributed by atoms with Gasteiger partial charge in [-0.1, -0.05) is 48.0 Å². The van der Waals surface area contributed by atoms with Gasteiger partial charge in [0.15, 0.2) is 9.84 Å². The van der Waals surface area contributed by atoms with Gasteiger partial charge in [0.2, 0.25) is 0 Å². The zero-order chi connectivity index (χ0) is 24.6. The van der Waals surface area contributed by atoms with Crippen LogP contribution in [-0.4, -0.2) is 48.6 Å². The first-order valence-electron chi connectivity index (χ1n) is 10.8. The second-order valence-corrected chi connectivity index (χ2v) is 11.1. The maximum atomic E-state index is 13.0. The molecule has 1 saturated heterocycles. The third kappa shape index (κ3) is 4.71. The van der Waals surface area contributed by atoms with E-state index in [0.29, 0.717) is 11.3 Å². The highest BCUT2D eigenvalue weighted by molar-refractivity contribution is 7.91. The summed E-state index contributed by atoms with van der Waals surface area (Å²) in [6.07, 6.45) is 0.186. The molecule has 0 aliphatic carbocycles. The number of imide groups is 1. The van der Waals surface area contributed by atoms with Crippen LogP contribution in [-0.2, 0) is 19.4 Å². The number of hydrogen-bond donors (Lipinski definition) is 2. The minimum absolute atomic E-state index is 0.0766. The number of carbonyl (C=O) groups excluding carboxylic acids is 3. The highest BCUT2D eigenvalue weighted by atomic mass is 35.5. The minimum atomic E-state index is -3.30. The first-order valence-corrected chi connectivity index (χ1v) is 13.0. The van der Waals surface area contributed by atoms with E-state index in [1.54, 1.807) is 25.1 Å². The number of halogens is 1. The second-order valence-electron chi connectivity index (χ2n) is 8.49. The summed E-state index contributed by atoms with van der Waals surface area (Å²) in [6, 6.07) is 13.6. The smallest absolute Gasteiger partial charge is 0.279 e. The zero-order valence-electron chi connectivity index (χ0n) is 18.7. The number of nitrogens with zero attached hydrogens (tertiary/aromatic N) is 1. The Hall–Kier alpha value is -3.17. The van der Waals surface area contributed by atoms with Crippen LogP contribution in [0.25, 0.3) is 0 Å². The fourth-order valence-electron chi connectivity index (χ4n) is 4.08. The van der Waals surface area contributed by atoms with E-state index in [4.69, 9.17) is 11.6 Å². The molecule has 3 amide bonds. The van der Waals surface area contributed by atoms with Gasteiger partial charge in [-0.15, -0.1) is 0 Å². The lowest BCUT2D eigenvalue weighted by atomic mass is 10.1. The minimum Gasteiger partial charge on any atom is -0.349 e. The first-order chi connectivity index (χ1) is 16.1. The summed E-state index contributed by atoms with van der Waals surface area (Å²) in [5, 5.41) is 5.53. The monoisotopic (exact) mass is 501 g/mol. The van der Waals surface area contributed by atoms with Crippen LogP contribution in [0.5, 0.6) is 0 Å². The van der Waals surface area contributed by atoms with Crippen LogP contribution in [0, 0.1) is 6.92 Å². The van der Waals surface area contributed by atoms with Crippen LogP contribution in [0.4, 0.5) is 5.69 Å². The molecule has 2 aromatic carbocycles. The predicted molar refractivity (Wildman–Crippen MR) is 129 cm³/mol. The number of nitrogens with one attached hydrogen (secondary N) is 2. The summed E-state index contributed by atoms with van der Waals surface area (Å²) >= 11 is 6.19. The third-order valence-corrected chi connectivity index (χ3v) is 8.14. The Kier molecular flexibility index (Phi) is 6.51. The molecule has 0 radical (unpaired) electrons. The lowest BCUT2D eigenvalue weighted by Gasteiger charge is -2.21. The number of amides is 3. The van der Waals surface area contributed by atoms with Crippen molar-refractivity contribution in [3.05, 3.63) is 76.0 Å². The fraction of sp³-hybridized carbons (Fsp3) is 0.292. The molecular weight excluding hydrogens is 478 g/mol. The molecular formula is C24H24ClN3O5S. The van der Waals surface area contributed by atoms with Gasteiger partial charge in [-0.05, 0) is 43.5 Å². The highest BCUT2D eigenvalue weighted by Crippen LogP contribution is 2.31. The van der Waals surface area contributed by atoms with Crippen LogP contribution in [0.1, 0.15) is 40.9 Å². The van der Waals surface area contributed by atoms with Crippen molar-refractivity contribution < 1.29 is 22.8 Å². The second kappa shape index (κ2) is 9.23. The van der Waals surface area contributed by atoms with E-state index in [0.717, 1.165) is 16.0 Å². The van der Waals surface area contributed by atoms with Crippen molar-refractivity contribution in [1.29, 1.82) is 0 Å². The summed E-state index contributed by atoms with van der Waals surface area (Å²) in [6.45, 7) is 3.67. The van der Waals surface area contributed by atoms with Gasteiger partial charge in [-0.2, -0.15) is 0 Å². The maximum Gasteiger partial charge on any atom is 0.279 e. The summed E-state index contributed by atoms with van der Waals surface area (Å²) in [7, 11) is -3.30. The van der Waals surface area contributed by atoms with Gasteiger partial charge in [0.05, 0.1) is 23.6 Å². The largest absolute Gasteiger partial charge is 0.349 e. The Morgan fingerprint density at radius 3 is 2.47 bits per heavy atom. The van der Waals surface area contributed by atoms with Crippen LogP contribution in [0.2, 0.25) is 0 Å². The number of hydrogen-bond acceptors (Lipinski definition) is 6. The standard InChI is InChI=1S/C24H24ClN3O5S/c1-14-8-9-17(22(29)26-15(2)16-6-4-3-5-7-16)12-19(14)27-21-20(25)23(30)28(24(21)31)18-10-11-34(32,33)13-18/h3-9,12,15,18,27H,10-11,13H2,1-2H3,(H,26,29). The topological polar surface area (TPSA) is 113 Å². The number of benzene rings is 2. The molecule has 0 bridgehead atoms. The van der Waals surface area contributed by atoms with Crippen molar-refractivity contribution in [1.82, 2.24) is 10.2 Å². The van der Waals surface area contributed by atoms with Gasteiger partial charge >= 0.3 is 0 Å². The Labute approximate surface area is 202 Å². The van der Waals surface area contributed by atoms with E-state index in [-0.39, 0.29) is 40.6 Å². The molecule has 2 heterocycles. The quantitative estimate of drug-likeness (QED) is 0.588. The molecule has 1 fully saturated rings. The summed E-state index contributed by atoms with van der Waals surface area (Å²) in [4.78, 5) is 39.4. The van der Waals surface area contributed by atoms with E-state index in [2.05, 4.69) is 10.6 Å². The SMILES string of the molecule is Cc1ccc(C(=O)NC(C)c2ccccc2)cc1NC1=C(Cl)C(=O)N(C2CCS(=O)(=O)C2)C1=O. The summed E-state index contributed by atoms with van der Waals surface area (Å²) < 4.78 is 23.7. The van der Waals surface area contributed by atoms with Crippen LogP contribution < -0.4 is 10.6 Å². The number of rotatable bonds is 6. The van der Waals surface area contributed by atoms with E-state index in [9.17, 15) is 22.8 Å². The third-order valence-electron chi connectivity index (χ3n) is 6.04. The predicted octanol–water partition coefficient (Wildman–Crippen LogP) is 2.90. The van der Waals surface area contributed by atoms with Crippen molar-refractivity contribution in [2.75, 3.05) is 16.8 Å². The van der Waals surface area contributed by atoms with Gasteiger partial charge in [-0.25, -0.2) is 8.42 Å². The first kappa shape index (κ1) is 24.0. The van der Waals surface area contributed by atoms with Crippen molar-refractivity contribution in [2.45, 2.75) is 32.4 Å². The number of carbonyl (C=O) groups is 3. The fourth-order valence-corrected chi connectivity index (χ4v) is 5.99. The van der Waals surface area contributed by atoms with Crippen molar-refractivity contribution >= 4 is 44.8 Å². The molecule has 0 aromatic heterocycles. The molecule has 0 spiro atoms. The van der Waals surface area contributed by atoms with Crippen molar-refractivity contribution in [3.8, 4) is 0 Å². The van der Waals surface area contributed by atoms with Gasteiger partial charge in [-0.3, -0.25) is 19.3 Å². The Morgan fingerprint density at radius 2 is 1.82 bits per heavy atom. The van der Waals surface area contributed by atoms with E-state index < -0.39 is 27.7 Å². The molecule has 178 valence electrons. The van der Waals surface area contributed by atoms with E-state index in [1.807, 2.05) is 37.3 Å². The van der Waals surface area contributed by atoms with Crippen molar-refractivity contribution in [2.24, 2.45) is 0 Å². The Bertz CT molecular complexity index is 1310. The van der Waals surface area contributed by atoms with Crippen LogP contribution >= 0.6 is 11.6 Å². The molecule has 8 nitrogen and oxygen atoms in total. The molecule has 2 N–H and O–H groups in total. The average Bonchev–Trinajstić information content (AvgIpc) is 3.26. The van der Waals surface area contributed by atoms with Gasteiger partial charge < -0.3 is 10.6 Å². The summed E-state index contributed by atoms with van der Waals surface area (Å²) in [5.41, 5.74) is 2.36. The normalized spacial score (nSPS) is 20.6. The van der Waals surface area contributed by atoms with Crippen LogP contribution in [0.15, 0.2) is 59.3 Å². The zero-order valence-corrected chi connectivity index (χ0v) is 20.2.